The quantitative estimate of drug-likeness (QED) is 0.0879. The molecule has 5 N–H and O–H groups in total. The van der Waals surface area contributed by atoms with E-state index in [-0.39, 0.29) is 107 Å². The van der Waals surface area contributed by atoms with E-state index in [9.17, 15) is 47.7 Å². The molecule has 4 aliphatic heterocycles. The minimum atomic E-state index is -3.98. The van der Waals surface area contributed by atoms with Crippen LogP contribution in [-0.2, 0) is 49.5 Å². The number of pyridine rings is 2. The highest BCUT2D eigenvalue weighted by molar-refractivity contribution is 7.89. The van der Waals surface area contributed by atoms with Crippen LogP contribution < -0.4 is 20.9 Å². The highest BCUT2D eigenvalue weighted by Gasteiger charge is 2.46. The van der Waals surface area contributed by atoms with Crippen molar-refractivity contribution >= 4 is 44.8 Å². The van der Waals surface area contributed by atoms with Crippen molar-refractivity contribution in [3.05, 3.63) is 105 Å². The number of benzene rings is 3. The lowest BCUT2D eigenvalue weighted by atomic mass is 9.86. The number of aromatic nitrogens is 5. The van der Waals surface area contributed by atoms with Crippen molar-refractivity contribution in [3.63, 3.8) is 0 Å². The van der Waals surface area contributed by atoms with Crippen molar-refractivity contribution in [1.29, 1.82) is 0 Å². The van der Waals surface area contributed by atoms with E-state index in [4.69, 9.17) is 14.5 Å². The summed E-state index contributed by atoms with van der Waals surface area (Å²) in [6, 6.07) is 15.6. The molecule has 2 saturated heterocycles. The molecule has 77 heavy (non-hydrogen) atoms. The number of sulfonamides is 1. The predicted molar refractivity (Wildman–Crippen MR) is 281 cm³/mol. The summed E-state index contributed by atoms with van der Waals surface area (Å²) in [5, 5.41) is 47.6. The number of likely N-dealkylation sites (tertiary alicyclic amines) is 1. The molecule has 0 saturated carbocycles. The Hall–Kier alpha value is -7.69. The zero-order chi connectivity index (χ0) is 54.7. The van der Waals surface area contributed by atoms with Gasteiger partial charge in [0, 0.05) is 73.5 Å². The summed E-state index contributed by atoms with van der Waals surface area (Å²) in [6.45, 7) is 11.1. The van der Waals surface area contributed by atoms with Crippen LogP contribution in [0.4, 0.5) is 4.79 Å². The third-order valence-corrected chi connectivity index (χ3v) is 17.5. The van der Waals surface area contributed by atoms with Crippen molar-refractivity contribution in [2.24, 2.45) is 11.8 Å². The first-order valence-corrected chi connectivity index (χ1v) is 27.6. The first kappa shape index (κ1) is 52.7. The number of nitrogens with zero attached hydrogens (tertiary/aromatic N) is 7. The number of esters is 1. The van der Waals surface area contributed by atoms with E-state index in [1.807, 2.05) is 20.8 Å². The molecule has 2 fully saturated rings. The number of hydrogen-bond acceptors (Lipinski definition) is 15. The molecule has 10 rings (SSSR count). The zero-order valence-corrected chi connectivity index (χ0v) is 44.3. The lowest BCUT2D eigenvalue weighted by Crippen LogP contribution is -2.45. The van der Waals surface area contributed by atoms with E-state index < -0.39 is 33.6 Å². The summed E-state index contributed by atoms with van der Waals surface area (Å²) in [6.07, 6.45) is 2.08. The highest BCUT2D eigenvalue weighted by atomic mass is 32.2. The number of aromatic hydroxyl groups is 2. The number of aryl methyl sites for hydroxylation is 1. The Balaban J connectivity index is 0.726. The van der Waals surface area contributed by atoms with E-state index in [1.165, 1.54) is 39.2 Å². The van der Waals surface area contributed by atoms with Gasteiger partial charge < -0.3 is 44.9 Å². The largest absolute Gasteiger partial charge is 0.508 e. The second kappa shape index (κ2) is 20.7. The lowest BCUT2D eigenvalue weighted by molar-refractivity contribution is -0.172. The van der Waals surface area contributed by atoms with E-state index in [0.29, 0.717) is 92.2 Å². The van der Waals surface area contributed by atoms with Gasteiger partial charge in [0.25, 0.3) is 11.5 Å². The van der Waals surface area contributed by atoms with E-state index in [2.05, 4.69) is 20.8 Å². The molecule has 22 heteroatoms. The van der Waals surface area contributed by atoms with Gasteiger partial charge in [0.1, 0.15) is 23.9 Å². The Morgan fingerprint density at radius 2 is 1.61 bits per heavy atom. The molecule has 4 aliphatic rings. The highest BCUT2D eigenvalue weighted by Crippen LogP contribution is 2.42. The van der Waals surface area contributed by atoms with E-state index >= 15 is 0 Å². The number of carbonyl (C=O) groups excluding carboxylic acids is 4. The number of amides is 3. The molecule has 0 spiro atoms. The first-order chi connectivity index (χ1) is 36.9. The number of fused-ring (bicyclic) bond motifs is 5. The third kappa shape index (κ3) is 9.45. The minimum Gasteiger partial charge on any atom is -0.508 e. The Bertz CT molecular complexity index is 3540. The van der Waals surface area contributed by atoms with Crippen LogP contribution in [0.25, 0.3) is 39.4 Å². The van der Waals surface area contributed by atoms with Crippen LogP contribution in [0.1, 0.15) is 111 Å². The van der Waals surface area contributed by atoms with Crippen LogP contribution in [0.2, 0.25) is 0 Å². The Morgan fingerprint density at radius 3 is 2.29 bits per heavy atom. The number of phenols is 2. The summed E-state index contributed by atoms with van der Waals surface area (Å²) >= 11 is 0. The van der Waals surface area contributed by atoms with Crippen molar-refractivity contribution in [3.8, 4) is 45.7 Å². The molecule has 3 aromatic carbocycles. The summed E-state index contributed by atoms with van der Waals surface area (Å²) in [5.41, 5.74) is 2.88. The third-order valence-electron chi connectivity index (χ3n) is 15.5. The molecular formula is C55H61N9O12S. The van der Waals surface area contributed by atoms with Gasteiger partial charge in [-0.3, -0.25) is 19.0 Å². The number of carbonyl (C=O) groups is 4. The van der Waals surface area contributed by atoms with Gasteiger partial charge in [0.2, 0.25) is 21.8 Å². The van der Waals surface area contributed by atoms with Crippen LogP contribution >= 0.6 is 0 Å². The zero-order valence-electron chi connectivity index (χ0n) is 43.5. The normalized spacial score (nSPS) is 18.0. The van der Waals surface area contributed by atoms with Crippen molar-refractivity contribution in [1.82, 2.24) is 44.2 Å². The molecule has 1 unspecified atom stereocenters. The number of cyclic esters (lactones) is 1. The van der Waals surface area contributed by atoms with Gasteiger partial charge in [-0.1, -0.05) is 27.7 Å². The summed E-state index contributed by atoms with van der Waals surface area (Å²) in [5.74, 6) is -1.84. The topological polar surface area (TPSA) is 278 Å². The maximum atomic E-state index is 13.9. The van der Waals surface area contributed by atoms with Crippen LogP contribution in [0.15, 0.2) is 70.4 Å². The fourth-order valence-electron chi connectivity index (χ4n) is 11.1. The van der Waals surface area contributed by atoms with Crippen molar-refractivity contribution in [2.75, 3.05) is 39.3 Å². The summed E-state index contributed by atoms with van der Waals surface area (Å²) in [7, 11) is -3.98. The first-order valence-electron chi connectivity index (χ1n) is 26.1. The molecular weight excluding hydrogens is 1010 g/mol. The molecule has 404 valence electrons. The average molecular weight is 1070 g/mol. The molecule has 3 amide bonds. The monoisotopic (exact) mass is 1070 g/mol. The van der Waals surface area contributed by atoms with Gasteiger partial charge in [-0.05, 0) is 123 Å². The summed E-state index contributed by atoms with van der Waals surface area (Å²) < 4.78 is 43.4. The number of ether oxygens (including phenoxy) is 2. The standard InChI is InChI=1S/C55H61N9O12S/c1-6-36-38-23-34(11-14-43(38)58-47-40(36)28-63-44(47)25-42-41(52(63)69)29-75-53(70)55(42,72)7-2)76-54(71)61-19-15-31(16-20-61)27-57-50(67)32-17-21-62(22-18-32)77(73,74)35-12-9-33(10-13-35)64-48(59-60-49(64)51(68)56-8-3)39-24-37(30(4)5)45(65)26-46(39)66/h9-14,23-26,30-32,65-66,72H,6-8,15-22,27-29H2,1-5H3,(H,56,68)(H,57,67). The smallest absolute Gasteiger partial charge is 0.415 e. The average Bonchev–Trinajstić information content (AvgIpc) is 4.18. The van der Waals surface area contributed by atoms with Crippen LogP contribution in [0.3, 0.4) is 0 Å². The van der Waals surface area contributed by atoms with Crippen LogP contribution in [-0.4, -0.2) is 120 Å². The van der Waals surface area contributed by atoms with Gasteiger partial charge in [0.15, 0.2) is 11.4 Å². The van der Waals surface area contributed by atoms with Crippen molar-refractivity contribution < 1.29 is 52.4 Å². The molecule has 0 bridgehead atoms. The number of rotatable bonds is 13. The fraction of sp³-hybridized carbons (Fsp3) is 0.418. The predicted octanol–water partition coefficient (Wildman–Crippen LogP) is 5.60. The number of aliphatic hydroxyl groups is 1. The Labute approximate surface area is 443 Å². The van der Waals surface area contributed by atoms with Crippen LogP contribution in [0.5, 0.6) is 17.2 Å². The molecule has 0 radical (unpaired) electrons. The maximum absolute atomic E-state index is 13.9. The van der Waals surface area contributed by atoms with Crippen LogP contribution in [0, 0.1) is 11.8 Å². The molecule has 7 heterocycles. The molecule has 3 aromatic heterocycles. The minimum absolute atomic E-state index is 0.0158. The SMILES string of the molecule is CCNC(=O)c1nnc(-c2cc(C(C)C)c(O)cc2O)n1-c1ccc(S(=O)(=O)N2CCC(C(=O)NCC3CCN(C(=O)Oc4ccc5nc6c(c(CC)c5c4)Cn4c-6cc5c(c4=O)COC(=O)C5(O)CC)CC3)CC2)cc1. The number of hydrogen-bond donors (Lipinski definition) is 5. The summed E-state index contributed by atoms with van der Waals surface area (Å²) in [4.78, 5) is 73.1. The van der Waals surface area contributed by atoms with E-state index in [0.717, 1.165) is 16.5 Å². The van der Waals surface area contributed by atoms with Crippen molar-refractivity contribution in [2.45, 2.75) is 103 Å². The fourth-order valence-corrected chi connectivity index (χ4v) is 12.6. The van der Waals surface area contributed by atoms with Gasteiger partial charge in [-0.25, -0.2) is 23.0 Å². The Morgan fingerprint density at radius 1 is 0.883 bits per heavy atom. The van der Waals surface area contributed by atoms with Gasteiger partial charge in [-0.2, -0.15) is 4.31 Å². The van der Waals surface area contributed by atoms with Gasteiger partial charge in [0.05, 0.1) is 39.5 Å². The van der Waals surface area contributed by atoms with E-state index in [1.54, 1.807) is 53.6 Å². The number of piperidine rings is 2. The maximum Gasteiger partial charge on any atom is 0.415 e. The molecule has 6 aromatic rings. The molecule has 21 nitrogen and oxygen atoms in total. The number of phenolic OH excluding ortho intramolecular Hbond substituents is 2. The lowest BCUT2D eigenvalue weighted by Gasteiger charge is -2.33. The van der Waals surface area contributed by atoms with Gasteiger partial charge >= 0.3 is 12.1 Å². The molecule has 0 aliphatic carbocycles. The second-order valence-electron chi connectivity index (χ2n) is 20.4. The molecule has 1 atom stereocenters. The second-order valence-corrected chi connectivity index (χ2v) is 22.3. The van der Waals surface area contributed by atoms with Gasteiger partial charge in [-0.15, -0.1) is 10.2 Å². The number of nitrogens with one attached hydrogen (secondary N) is 2. The Kier molecular flexibility index (Phi) is 14.2.